The first-order valence-electron chi connectivity index (χ1n) is 10.4. The molecule has 8 nitrogen and oxygen atoms in total. The molecule has 2 aliphatic carbocycles. The van der Waals surface area contributed by atoms with Crippen LogP contribution in [0.1, 0.15) is 74.6 Å². The monoisotopic (exact) mass is 390 g/mol. The van der Waals surface area contributed by atoms with Gasteiger partial charge in [-0.3, -0.25) is 19.1 Å². The Bertz CT molecular complexity index is 696. The van der Waals surface area contributed by atoms with Gasteiger partial charge in [-0.25, -0.2) is 0 Å². The van der Waals surface area contributed by atoms with Gasteiger partial charge in [0.1, 0.15) is 6.54 Å². The lowest BCUT2D eigenvalue weighted by atomic mass is 9.94. The number of carbonyl (C=O) groups excluding carboxylic acids is 2. The van der Waals surface area contributed by atoms with Crippen LogP contribution in [0.25, 0.3) is 0 Å². The number of carboxylic acids is 1. The molecule has 2 atom stereocenters. The van der Waals surface area contributed by atoms with E-state index in [9.17, 15) is 19.5 Å². The van der Waals surface area contributed by atoms with Crippen LogP contribution in [0.5, 0.6) is 0 Å². The molecule has 1 aromatic heterocycles. The molecule has 8 heteroatoms. The largest absolute Gasteiger partial charge is 0.481 e. The van der Waals surface area contributed by atoms with Gasteiger partial charge in [0.15, 0.2) is 0 Å². The molecule has 0 bridgehead atoms. The smallest absolute Gasteiger partial charge is 0.308 e. The molecule has 3 N–H and O–H groups in total. The van der Waals surface area contributed by atoms with Crippen molar-refractivity contribution in [3.63, 3.8) is 0 Å². The summed E-state index contributed by atoms with van der Waals surface area (Å²) in [5.41, 5.74) is 0.346. The second-order valence-electron chi connectivity index (χ2n) is 7.99. The number of amides is 2. The van der Waals surface area contributed by atoms with Gasteiger partial charge in [0.05, 0.1) is 17.7 Å². The number of hydrogen-bond acceptors (Lipinski definition) is 4. The van der Waals surface area contributed by atoms with E-state index in [2.05, 4.69) is 15.7 Å². The van der Waals surface area contributed by atoms with E-state index in [0.717, 1.165) is 44.9 Å². The number of nitrogens with one attached hydrogen (secondary N) is 2. The first-order valence-corrected chi connectivity index (χ1v) is 10.4. The Hall–Kier alpha value is -2.38. The first kappa shape index (κ1) is 20.4. The zero-order valence-corrected chi connectivity index (χ0v) is 16.2. The molecule has 2 aliphatic rings. The number of carboxylic acid groups (broad SMARTS) is 1. The van der Waals surface area contributed by atoms with Gasteiger partial charge in [0.25, 0.3) is 5.91 Å². The third-order valence-corrected chi connectivity index (χ3v) is 5.82. The normalized spacial score (nSPS) is 23.6. The minimum atomic E-state index is -0.859. The Morgan fingerprint density at radius 2 is 1.68 bits per heavy atom. The number of carbonyl (C=O) groups is 3. The molecule has 0 radical (unpaired) electrons. The van der Waals surface area contributed by atoms with Crippen LogP contribution >= 0.6 is 0 Å². The second-order valence-corrected chi connectivity index (χ2v) is 7.99. The number of nitrogens with zero attached hydrogens (tertiary/aromatic N) is 2. The van der Waals surface area contributed by atoms with E-state index >= 15 is 0 Å². The molecule has 0 unspecified atom stereocenters. The maximum absolute atomic E-state index is 12.6. The van der Waals surface area contributed by atoms with Crippen LogP contribution in [-0.4, -0.2) is 44.8 Å². The van der Waals surface area contributed by atoms with E-state index in [-0.39, 0.29) is 30.4 Å². The quantitative estimate of drug-likeness (QED) is 0.644. The van der Waals surface area contributed by atoms with Crippen LogP contribution in [0.4, 0.5) is 0 Å². The van der Waals surface area contributed by atoms with Crippen LogP contribution in [0.15, 0.2) is 12.4 Å². The number of rotatable bonds is 6. The summed E-state index contributed by atoms with van der Waals surface area (Å²) in [7, 11) is 0. The number of aliphatic carboxylic acids is 1. The molecular weight excluding hydrogens is 360 g/mol. The highest BCUT2D eigenvalue weighted by atomic mass is 16.4. The van der Waals surface area contributed by atoms with Crippen molar-refractivity contribution >= 4 is 17.8 Å². The topological polar surface area (TPSA) is 113 Å². The zero-order chi connectivity index (χ0) is 19.9. The summed E-state index contributed by atoms with van der Waals surface area (Å²) in [6.45, 7) is 0.0744. The highest BCUT2D eigenvalue weighted by Gasteiger charge is 2.31. The van der Waals surface area contributed by atoms with Crippen molar-refractivity contribution < 1.29 is 19.5 Å². The van der Waals surface area contributed by atoms with E-state index in [1.54, 1.807) is 6.20 Å². The van der Waals surface area contributed by atoms with Crippen molar-refractivity contribution in [1.29, 1.82) is 0 Å². The predicted octanol–water partition coefficient (Wildman–Crippen LogP) is 2.10. The van der Waals surface area contributed by atoms with Gasteiger partial charge in [-0.15, -0.1) is 0 Å². The van der Waals surface area contributed by atoms with E-state index < -0.39 is 11.9 Å². The van der Waals surface area contributed by atoms with Gasteiger partial charge in [-0.2, -0.15) is 5.10 Å². The van der Waals surface area contributed by atoms with Gasteiger partial charge in [-0.1, -0.05) is 38.5 Å². The van der Waals surface area contributed by atoms with Gasteiger partial charge >= 0.3 is 5.97 Å². The number of hydrogen-bond donors (Lipinski definition) is 3. The summed E-state index contributed by atoms with van der Waals surface area (Å²) in [6.07, 6.45) is 12.6. The lowest BCUT2D eigenvalue weighted by Gasteiger charge is -2.22. The Kier molecular flexibility index (Phi) is 7.06. The summed E-state index contributed by atoms with van der Waals surface area (Å²) >= 11 is 0. The molecule has 2 saturated carbocycles. The fourth-order valence-electron chi connectivity index (χ4n) is 4.26. The van der Waals surface area contributed by atoms with Crippen molar-refractivity contribution in [1.82, 2.24) is 20.4 Å². The minimum absolute atomic E-state index is 0.0744. The fraction of sp³-hybridized carbons (Fsp3) is 0.700. The predicted molar refractivity (Wildman–Crippen MR) is 103 cm³/mol. The molecule has 0 aromatic carbocycles. The van der Waals surface area contributed by atoms with Crippen LogP contribution in [0.2, 0.25) is 0 Å². The average molecular weight is 390 g/mol. The summed E-state index contributed by atoms with van der Waals surface area (Å²) in [5.74, 6) is -1.85. The molecule has 2 amide bonds. The summed E-state index contributed by atoms with van der Waals surface area (Å²) in [6, 6.07) is -0.131. The maximum Gasteiger partial charge on any atom is 0.308 e. The first-order chi connectivity index (χ1) is 13.5. The summed E-state index contributed by atoms with van der Waals surface area (Å²) in [5, 5.41) is 19.5. The zero-order valence-electron chi connectivity index (χ0n) is 16.2. The molecule has 0 saturated heterocycles. The highest BCUT2D eigenvalue weighted by Crippen LogP contribution is 2.24. The Balaban J connectivity index is 1.54. The molecule has 28 heavy (non-hydrogen) atoms. The van der Waals surface area contributed by atoms with Crippen molar-refractivity contribution in [2.45, 2.75) is 82.8 Å². The van der Waals surface area contributed by atoms with Gasteiger partial charge < -0.3 is 15.7 Å². The van der Waals surface area contributed by atoms with Crippen LogP contribution in [0, 0.1) is 5.92 Å². The second kappa shape index (κ2) is 9.71. The molecule has 1 heterocycles. The minimum Gasteiger partial charge on any atom is -0.481 e. The molecule has 0 aliphatic heterocycles. The van der Waals surface area contributed by atoms with Gasteiger partial charge in [-0.05, 0) is 25.7 Å². The van der Waals surface area contributed by atoms with Crippen molar-refractivity contribution in [2.24, 2.45) is 5.92 Å². The molecule has 154 valence electrons. The van der Waals surface area contributed by atoms with Crippen LogP contribution < -0.4 is 10.6 Å². The van der Waals surface area contributed by atoms with Gasteiger partial charge in [0.2, 0.25) is 5.91 Å². The van der Waals surface area contributed by atoms with E-state index in [0.29, 0.717) is 18.4 Å². The molecule has 2 fully saturated rings. The lowest BCUT2D eigenvalue weighted by Crippen LogP contribution is -2.42. The molecular formula is C20H30N4O4. The SMILES string of the molecule is O=C(Cn1cc(C(=O)N[C@H]2CCCCC[C@H]2C(=O)O)cn1)NC1CCCCC1. The summed E-state index contributed by atoms with van der Waals surface area (Å²) < 4.78 is 1.45. The van der Waals surface area contributed by atoms with Crippen molar-refractivity contribution in [3.8, 4) is 0 Å². The van der Waals surface area contributed by atoms with Crippen molar-refractivity contribution in [3.05, 3.63) is 18.0 Å². The maximum atomic E-state index is 12.6. The number of aromatic nitrogens is 2. The van der Waals surface area contributed by atoms with E-state index in [4.69, 9.17) is 0 Å². The van der Waals surface area contributed by atoms with Crippen molar-refractivity contribution in [2.75, 3.05) is 0 Å². The lowest BCUT2D eigenvalue weighted by molar-refractivity contribution is -0.142. The molecule has 3 rings (SSSR count). The summed E-state index contributed by atoms with van der Waals surface area (Å²) in [4.78, 5) is 36.3. The molecule has 1 aromatic rings. The van der Waals surface area contributed by atoms with Gasteiger partial charge in [0, 0.05) is 18.3 Å². The highest BCUT2D eigenvalue weighted by molar-refractivity contribution is 5.94. The molecule has 0 spiro atoms. The Morgan fingerprint density at radius 3 is 2.39 bits per heavy atom. The van der Waals surface area contributed by atoms with Crippen LogP contribution in [-0.2, 0) is 16.1 Å². The average Bonchev–Trinajstić information content (AvgIpc) is 3.00. The third-order valence-electron chi connectivity index (χ3n) is 5.82. The third kappa shape index (κ3) is 5.56. The Labute approximate surface area is 165 Å². The van der Waals surface area contributed by atoms with E-state index in [1.165, 1.54) is 17.3 Å². The Morgan fingerprint density at radius 1 is 1.00 bits per heavy atom. The standard InChI is InChI=1S/C20H30N4O4/c25-18(22-15-7-3-1-4-8-15)13-24-12-14(11-21-24)19(26)23-17-10-6-2-5-9-16(17)20(27)28/h11-12,15-17H,1-10,13H2,(H,22,25)(H,23,26)(H,27,28)/t16-,17+/m1/s1. The van der Waals surface area contributed by atoms with E-state index in [1.807, 2.05) is 0 Å². The van der Waals surface area contributed by atoms with Crippen LogP contribution in [0.3, 0.4) is 0 Å². The fourth-order valence-corrected chi connectivity index (χ4v) is 4.26.